The molecule has 2 N–H and O–H groups in total. The predicted octanol–water partition coefficient (Wildman–Crippen LogP) is 6.31. The fourth-order valence-corrected chi connectivity index (χ4v) is 5.83. The third-order valence-electron chi connectivity index (χ3n) is 8.04. The number of methoxy groups -OCH3 is 1. The van der Waals surface area contributed by atoms with Crippen LogP contribution in [0, 0.1) is 20.8 Å². The van der Waals surface area contributed by atoms with E-state index in [2.05, 4.69) is 27.6 Å². The normalized spacial score (nSPS) is 15.7. The second-order valence-corrected chi connectivity index (χ2v) is 12.6. The highest BCUT2D eigenvalue weighted by molar-refractivity contribution is 6.13. The third-order valence-corrected chi connectivity index (χ3v) is 8.04. The average molecular weight is 585 g/mol. The molecule has 1 saturated carbocycles. The van der Waals surface area contributed by atoms with Gasteiger partial charge >= 0.3 is 6.09 Å². The standard InChI is InChI=1S/C31H36N8O4/c1-15-26(16(2)43-37-15)21-10-23-20(11-24(21)41-7)27-28(34-23)32-17(3)33-29(27)35-25-12-22(18-8-9-18)36-39(25)19-13-38(14-19)30(40)42-31(4,5)6/h10-12,18-19H,8-9,13-14H2,1-7H3,(H2,32,33,34,35). The molecule has 5 aromatic rings. The number of aromatic nitrogens is 6. The monoisotopic (exact) mass is 584 g/mol. The van der Waals surface area contributed by atoms with Crippen molar-refractivity contribution < 1.29 is 18.8 Å². The topological polar surface area (TPSA) is 136 Å². The van der Waals surface area contributed by atoms with E-state index in [1.54, 1.807) is 12.0 Å². The van der Waals surface area contributed by atoms with Gasteiger partial charge in [0.15, 0.2) is 0 Å². The zero-order valence-corrected chi connectivity index (χ0v) is 25.5. The van der Waals surface area contributed by atoms with Gasteiger partial charge in [0.25, 0.3) is 0 Å². The number of carbonyl (C=O) groups is 1. The van der Waals surface area contributed by atoms with E-state index >= 15 is 0 Å². The molecule has 12 heteroatoms. The maximum absolute atomic E-state index is 12.6. The van der Waals surface area contributed by atoms with Gasteiger partial charge in [-0.05, 0) is 66.5 Å². The number of fused-ring (bicyclic) bond motifs is 3. The summed E-state index contributed by atoms with van der Waals surface area (Å²) in [5.41, 5.74) is 4.74. The van der Waals surface area contributed by atoms with Crippen molar-refractivity contribution in [2.45, 2.75) is 71.9 Å². The van der Waals surface area contributed by atoms with E-state index in [0.717, 1.165) is 68.9 Å². The van der Waals surface area contributed by atoms with Crippen LogP contribution in [0.1, 0.15) is 68.5 Å². The van der Waals surface area contributed by atoms with E-state index in [-0.39, 0.29) is 12.1 Å². The second-order valence-electron chi connectivity index (χ2n) is 12.6. The number of hydrogen-bond donors (Lipinski definition) is 2. The van der Waals surface area contributed by atoms with Gasteiger partial charge in [0, 0.05) is 41.5 Å². The Morgan fingerprint density at radius 3 is 2.53 bits per heavy atom. The van der Waals surface area contributed by atoms with Gasteiger partial charge in [0.1, 0.15) is 40.2 Å². The van der Waals surface area contributed by atoms with Crippen LogP contribution >= 0.6 is 0 Å². The van der Waals surface area contributed by atoms with Crippen molar-refractivity contribution >= 4 is 39.7 Å². The molecular weight excluding hydrogens is 548 g/mol. The van der Waals surface area contributed by atoms with Crippen molar-refractivity contribution in [3.63, 3.8) is 0 Å². The van der Waals surface area contributed by atoms with Crippen LogP contribution < -0.4 is 10.1 Å². The van der Waals surface area contributed by atoms with Crippen LogP contribution in [-0.2, 0) is 4.74 Å². The maximum Gasteiger partial charge on any atom is 0.410 e. The molecule has 1 saturated heterocycles. The number of ether oxygens (including phenoxy) is 2. The Morgan fingerprint density at radius 2 is 1.88 bits per heavy atom. The van der Waals surface area contributed by atoms with Gasteiger partial charge in [-0.1, -0.05) is 5.16 Å². The Bertz CT molecular complexity index is 1870. The van der Waals surface area contributed by atoms with E-state index in [1.165, 1.54) is 0 Å². The Morgan fingerprint density at radius 1 is 1.12 bits per heavy atom. The molecule has 2 aliphatic rings. The SMILES string of the molecule is COc1cc2c(cc1-c1c(C)noc1C)[nH]c1nc(C)nc(Nc3cc(C4CC4)nn3C3CN(C(=O)OC(C)(C)C)C3)c12. The molecule has 43 heavy (non-hydrogen) atoms. The predicted molar refractivity (Wildman–Crippen MR) is 162 cm³/mol. The molecule has 1 aliphatic carbocycles. The summed E-state index contributed by atoms with van der Waals surface area (Å²) in [5.74, 6) is 4.04. The first-order chi connectivity index (χ1) is 20.5. The van der Waals surface area contributed by atoms with E-state index in [1.807, 2.05) is 52.3 Å². The van der Waals surface area contributed by atoms with Crippen LogP contribution in [0.15, 0.2) is 22.7 Å². The molecular formula is C31H36N8O4. The number of nitrogens with zero attached hydrogens (tertiary/aromatic N) is 6. The summed E-state index contributed by atoms with van der Waals surface area (Å²) in [4.78, 5) is 27.4. The van der Waals surface area contributed by atoms with Crippen molar-refractivity contribution in [3.8, 4) is 16.9 Å². The Labute approximate surface area is 248 Å². The van der Waals surface area contributed by atoms with Gasteiger partial charge < -0.3 is 29.2 Å². The van der Waals surface area contributed by atoms with Gasteiger partial charge in [-0.25, -0.2) is 19.4 Å². The van der Waals surface area contributed by atoms with E-state index in [4.69, 9.17) is 29.1 Å². The summed E-state index contributed by atoms with van der Waals surface area (Å²) in [6.45, 7) is 12.4. The largest absolute Gasteiger partial charge is 0.496 e. The zero-order valence-electron chi connectivity index (χ0n) is 25.5. The van der Waals surface area contributed by atoms with Crippen LogP contribution in [0.5, 0.6) is 5.75 Å². The highest BCUT2D eigenvalue weighted by Gasteiger charge is 2.38. The number of aromatic amines is 1. The number of H-pyrrole nitrogens is 1. The molecule has 12 nitrogen and oxygen atoms in total. The van der Waals surface area contributed by atoms with E-state index in [9.17, 15) is 4.79 Å². The van der Waals surface area contributed by atoms with E-state index in [0.29, 0.717) is 36.4 Å². The number of amides is 1. The highest BCUT2D eigenvalue weighted by Crippen LogP contribution is 2.43. The van der Waals surface area contributed by atoms with Gasteiger partial charge in [-0.3, -0.25) is 0 Å². The zero-order chi connectivity index (χ0) is 30.2. The minimum absolute atomic E-state index is 0.0293. The third kappa shape index (κ3) is 4.84. The number of rotatable bonds is 6. The Kier molecular flexibility index (Phi) is 6.15. The van der Waals surface area contributed by atoms with Crippen LogP contribution in [0.2, 0.25) is 0 Å². The van der Waals surface area contributed by atoms with Crippen molar-refractivity contribution in [3.05, 3.63) is 41.2 Å². The number of aryl methyl sites for hydroxylation is 3. The Hall–Kier alpha value is -4.61. The van der Waals surface area contributed by atoms with Gasteiger partial charge in [-0.2, -0.15) is 5.10 Å². The van der Waals surface area contributed by atoms with Crippen molar-refractivity contribution in [1.29, 1.82) is 0 Å². The lowest BCUT2D eigenvalue weighted by atomic mass is 10.0. The fraction of sp³-hybridized carbons (Fsp3) is 0.452. The molecule has 224 valence electrons. The number of hydrogen-bond acceptors (Lipinski definition) is 9. The molecule has 0 unspecified atom stereocenters. The lowest BCUT2D eigenvalue weighted by Gasteiger charge is -2.40. The van der Waals surface area contributed by atoms with Crippen LogP contribution in [0.4, 0.5) is 16.4 Å². The lowest BCUT2D eigenvalue weighted by molar-refractivity contribution is -0.000166. The van der Waals surface area contributed by atoms with Gasteiger partial charge in [-0.15, -0.1) is 0 Å². The molecule has 7 rings (SSSR count). The summed E-state index contributed by atoms with van der Waals surface area (Å²) in [7, 11) is 1.66. The summed E-state index contributed by atoms with van der Waals surface area (Å²) in [6.07, 6.45) is 1.97. The minimum atomic E-state index is -0.536. The first-order valence-electron chi connectivity index (χ1n) is 14.6. The van der Waals surface area contributed by atoms with E-state index < -0.39 is 5.60 Å². The van der Waals surface area contributed by atoms with Crippen molar-refractivity contribution in [1.82, 2.24) is 34.8 Å². The number of carbonyl (C=O) groups excluding carboxylic acids is 1. The molecule has 1 aromatic carbocycles. The Balaban J connectivity index is 1.27. The van der Waals surface area contributed by atoms with Crippen LogP contribution in [0.3, 0.4) is 0 Å². The maximum atomic E-state index is 12.6. The molecule has 1 aliphatic heterocycles. The fourth-order valence-electron chi connectivity index (χ4n) is 5.83. The highest BCUT2D eigenvalue weighted by atomic mass is 16.6. The first kappa shape index (κ1) is 27.2. The number of benzene rings is 1. The summed E-state index contributed by atoms with van der Waals surface area (Å²) < 4.78 is 18.9. The molecule has 0 radical (unpaired) electrons. The van der Waals surface area contributed by atoms with Crippen LogP contribution in [-0.4, -0.2) is 66.7 Å². The summed E-state index contributed by atoms with van der Waals surface area (Å²) >= 11 is 0. The molecule has 2 fully saturated rings. The summed E-state index contributed by atoms with van der Waals surface area (Å²) in [5, 5.41) is 14.5. The quantitative estimate of drug-likeness (QED) is 0.235. The van der Waals surface area contributed by atoms with Crippen molar-refractivity contribution in [2.75, 3.05) is 25.5 Å². The second kappa shape index (κ2) is 9.72. The first-order valence-corrected chi connectivity index (χ1v) is 14.6. The number of nitrogens with one attached hydrogen (secondary N) is 2. The molecule has 1 amide bonds. The number of likely N-dealkylation sites (tertiary alicyclic amines) is 1. The average Bonchev–Trinajstić information content (AvgIpc) is 3.46. The molecule has 4 aromatic heterocycles. The van der Waals surface area contributed by atoms with Crippen molar-refractivity contribution in [2.24, 2.45) is 0 Å². The minimum Gasteiger partial charge on any atom is -0.496 e. The molecule has 5 heterocycles. The lowest BCUT2D eigenvalue weighted by Crippen LogP contribution is -2.52. The van der Waals surface area contributed by atoms with Gasteiger partial charge in [0.2, 0.25) is 0 Å². The molecule has 0 spiro atoms. The van der Waals surface area contributed by atoms with Gasteiger partial charge in [0.05, 0.1) is 35.5 Å². The molecule has 0 atom stereocenters. The van der Waals surface area contributed by atoms with Crippen LogP contribution in [0.25, 0.3) is 33.1 Å². The molecule has 0 bridgehead atoms. The smallest absolute Gasteiger partial charge is 0.410 e. The summed E-state index contributed by atoms with van der Waals surface area (Å²) in [6, 6.07) is 6.21. The number of anilines is 2.